The molecule has 1 nitrogen and oxygen atoms in total. The molecule has 0 N–H and O–H groups in total. The van der Waals surface area contributed by atoms with E-state index in [4.69, 9.17) is 0 Å². The average Bonchev–Trinajstić information content (AvgIpc) is 2.91. The minimum absolute atomic E-state index is 0.317. The molecular weight excluding hydrogens is 226 g/mol. The maximum absolute atomic E-state index is 9.74. The first-order chi connectivity index (χ1) is 8.33. The molecule has 2 heteroatoms. The van der Waals surface area contributed by atoms with Crippen molar-refractivity contribution in [3.05, 3.63) is 35.0 Å². The predicted molar refractivity (Wildman–Crippen MR) is 73.0 cm³/mol. The van der Waals surface area contributed by atoms with Crippen molar-refractivity contribution in [1.29, 1.82) is 5.26 Å². The van der Waals surface area contributed by atoms with E-state index in [1.165, 1.54) is 37.7 Å². The standard InChI is InChI=1S/C15H19NS/c1-2-9-15(12-16,14-8-10-17-11-14)13-6-4-3-5-7-13/h2,8,10-11,13H,1,3-7,9H2. The van der Waals surface area contributed by atoms with Crippen molar-refractivity contribution in [2.24, 2.45) is 5.92 Å². The average molecular weight is 245 g/mol. The predicted octanol–water partition coefficient (Wildman–Crippen LogP) is 4.67. The van der Waals surface area contributed by atoms with E-state index in [2.05, 4.69) is 29.5 Å². The molecule has 1 fully saturated rings. The third kappa shape index (κ3) is 2.30. The Morgan fingerprint density at radius 2 is 2.24 bits per heavy atom. The molecule has 1 heterocycles. The molecule has 1 atom stereocenters. The minimum Gasteiger partial charge on any atom is -0.197 e. The van der Waals surface area contributed by atoms with Crippen LogP contribution in [0, 0.1) is 17.2 Å². The molecule has 1 aliphatic carbocycles. The van der Waals surface area contributed by atoms with E-state index in [-0.39, 0.29) is 5.41 Å². The van der Waals surface area contributed by atoms with E-state index in [1.807, 2.05) is 6.08 Å². The molecule has 90 valence electrons. The second-order valence-electron chi connectivity index (χ2n) is 4.92. The van der Waals surface area contributed by atoms with Crippen molar-refractivity contribution in [3.8, 4) is 6.07 Å². The molecule has 1 saturated carbocycles. The van der Waals surface area contributed by atoms with Gasteiger partial charge in [0.1, 0.15) is 0 Å². The second kappa shape index (κ2) is 5.51. The van der Waals surface area contributed by atoms with E-state index in [0.29, 0.717) is 5.92 Å². The molecule has 0 spiro atoms. The Labute approximate surface area is 108 Å². The van der Waals surface area contributed by atoms with Gasteiger partial charge in [-0.05, 0) is 47.6 Å². The Kier molecular flexibility index (Phi) is 4.02. The molecular formula is C15H19NS. The summed E-state index contributed by atoms with van der Waals surface area (Å²) in [6.07, 6.45) is 8.95. The first kappa shape index (κ1) is 12.4. The highest BCUT2D eigenvalue weighted by Crippen LogP contribution is 2.44. The highest BCUT2D eigenvalue weighted by atomic mass is 32.1. The first-order valence-corrected chi connectivity index (χ1v) is 7.32. The number of nitrogens with zero attached hydrogens (tertiary/aromatic N) is 1. The van der Waals surface area contributed by atoms with Crippen LogP contribution in [0.3, 0.4) is 0 Å². The third-order valence-electron chi connectivity index (χ3n) is 4.00. The van der Waals surface area contributed by atoms with Gasteiger partial charge in [-0.25, -0.2) is 0 Å². The lowest BCUT2D eigenvalue weighted by molar-refractivity contribution is 0.253. The van der Waals surface area contributed by atoms with Crippen LogP contribution in [0.4, 0.5) is 0 Å². The maximum atomic E-state index is 9.74. The zero-order valence-electron chi connectivity index (χ0n) is 10.2. The van der Waals surface area contributed by atoms with E-state index in [1.54, 1.807) is 11.3 Å². The lowest BCUT2D eigenvalue weighted by Gasteiger charge is -2.36. The van der Waals surface area contributed by atoms with Crippen molar-refractivity contribution in [2.45, 2.75) is 43.9 Å². The highest BCUT2D eigenvalue weighted by molar-refractivity contribution is 7.08. The Balaban J connectivity index is 2.34. The SMILES string of the molecule is C=CCC(C#N)(c1ccsc1)C1CCCCC1. The fourth-order valence-electron chi connectivity index (χ4n) is 3.06. The summed E-state index contributed by atoms with van der Waals surface area (Å²) in [4.78, 5) is 0. The van der Waals surface area contributed by atoms with Crippen LogP contribution in [0.25, 0.3) is 0 Å². The number of nitriles is 1. The summed E-state index contributed by atoms with van der Waals surface area (Å²) in [5.74, 6) is 0.508. The lowest BCUT2D eigenvalue weighted by atomic mass is 9.65. The lowest BCUT2D eigenvalue weighted by Crippen LogP contribution is -2.34. The van der Waals surface area contributed by atoms with E-state index < -0.39 is 0 Å². The molecule has 0 aromatic carbocycles. The maximum Gasteiger partial charge on any atom is 0.0892 e. The minimum atomic E-state index is -0.317. The topological polar surface area (TPSA) is 23.8 Å². The van der Waals surface area contributed by atoms with E-state index in [9.17, 15) is 5.26 Å². The van der Waals surface area contributed by atoms with Crippen molar-refractivity contribution < 1.29 is 0 Å². The number of hydrogen-bond acceptors (Lipinski definition) is 2. The number of rotatable bonds is 4. The van der Waals surface area contributed by atoms with Crippen LogP contribution in [0.2, 0.25) is 0 Å². The van der Waals surface area contributed by atoms with Crippen molar-refractivity contribution >= 4 is 11.3 Å². The van der Waals surface area contributed by atoms with Crippen LogP contribution in [-0.2, 0) is 5.41 Å². The number of thiophene rings is 1. The van der Waals surface area contributed by atoms with Crippen molar-refractivity contribution in [3.63, 3.8) is 0 Å². The Hall–Kier alpha value is -1.07. The second-order valence-corrected chi connectivity index (χ2v) is 5.70. The van der Waals surface area contributed by atoms with Gasteiger partial charge in [0, 0.05) is 0 Å². The van der Waals surface area contributed by atoms with Crippen LogP contribution >= 0.6 is 11.3 Å². The molecule has 1 aliphatic rings. The Bertz CT molecular complexity index is 395. The fraction of sp³-hybridized carbons (Fsp3) is 0.533. The molecule has 1 aromatic heterocycles. The van der Waals surface area contributed by atoms with Gasteiger partial charge in [-0.2, -0.15) is 16.6 Å². The quantitative estimate of drug-likeness (QED) is 0.707. The molecule has 0 saturated heterocycles. The van der Waals surface area contributed by atoms with Crippen LogP contribution in [0.5, 0.6) is 0 Å². The molecule has 0 amide bonds. The normalized spacial score (nSPS) is 20.4. The largest absolute Gasteiger partial charge is 0.197 e. The summed E-state index contributed by atoms with van der Waals surface area (Å²) in [6, 6.07) is 4.74. The summed E-state index contributed by atoms with van der Waals surface area (Å²) in [7, 11) is 0. The van der Waals surface area contributed by atoms with Gasteiger partial charge in [0.05, 0.1) is 11.5 Å². The van der Waals surface area contributed by atoms with E-state index in [0.717, 1.165) is 6.42 Å². The van der Waals surface area contributed by atoms with Crippen LogP contribution in [0.1, 0.15) is 44.1 Å². The van der Waals surface area contributed by atoms with Gasteiger partial charge in [0.2, 0.25) is 0 Å². The molecule has 0 radical (unpaired) electrons. The molecule has 0 bridgehead atoms. The van der Waals surface area contributed by atoms with Gasteiger partial charge in [0.15, 0.2) is 0 Å². The summed E-state index contributed by atoms with van der Waals surface area (Å²) in [5, 5.41) is 14.0. The van der Waals surface area contributed by atoms with E-state index >= 15 is 0 Å². The number of allylic oxidation sites excluding steroid dienone is 1. The molecule has 17 heavy (non-hydrogen) atoms. The summed E-state index contributed by atoms with van der Waals surface area (Å²) >= 11 is 1.69. The fourth-order valence-corrected chi connectivity index (χ4v) is 3.80. The van der Waals surface area contributed by atoms with Crippen LogP contribution in [0.15, 0.2) is 29.5 Å². The van der Waals surface area contributed by atoms with Gasteiger partial charge in [0.25, 0.3) is 0 Å². The highest BCUT2D eigenvalue weighted by Gasteiger charge is 2.40. The van der Waals surface area contributed by atoms with Crippen LogP contribution < -0.4 is 0 Å². The molecule has 2 rings (SSSR count). The number of hydrogen-bond donors (Lipinski definition) is 0. The monoisotopic (exact) mass is 245 g/mol. The van der Waals surface area contributed by atoms with Gasteiger partial charge in [-0.1, -0.05) is 25.3 Å². The van der Waals surface area contributed by atoms with Gasteiger partial charge >= 0.3 is 0 Å². The van der Waals surface area contributed by atoms with Crippen molar-refractivity contribution in [2.75, 3.05) is 0 Å². The van der Waals surface area contributed by atoms with Gasteiger partial charge < -0.3 is 0 Å². The Morgan fingerprint density at radius 3 is 2.76 bits per heavy atom. The van der Waals surface area contributed by atoms with Crippen LogP contribution in [-0.4, -0.2) is 0 Å². The molecule has 1 aromatic rings. The summed E-state index contributed by atoms with van der Waals surface area (Å²) < 4.78 is 0. The van der Waals surface area contributed by atoms with Gasteiger partial charge in [-0.3, -0.25) is 0 Å². The first-order valence-electron chi connectivity index (χ1n) is 6.38. The zero-order valence-corrected chi connectivity index (χ0v) is 11.0. The third-order valence-corrected chi connectivity index (χ3v) is 4.69. The van der Waals surface area contributed by atoms with Gasteiger partial charge in [-0.15, -0.1) is 6.58 Å². The molecule has 0 aliphatic heterocycles. The Morgan fingerprint density at radius 1 is 1.47 bits per heavy atom. The summed E-state index contributed by atoms with van der Waals surface area (Å²) in [5.41, 5.74) is 0.888. The smallest absolute Gasteiger partial charge is 0.0892 e. The molecule has 1 unspecified atom stereocenters. The summed E-state index contributed by atoms with van der Waals surface area (Å²) in [6.45, 7) is 3.85. The van der Waals surface area contributed by atoms with Crippen molar-refractivity contribution in [1.82, 2.24) is 0 Å². The zero-order chi connectivity index (χ0) is 12.1.